The summed E-state index contributed by atoms with van der Waals surface area (Å²) < 4.78 is 21.7. The van der Waals surface area contributed by atoms with E-state index in [4.69, 9.17) is 24.7 Å². The second kappa shape index (κ2) is 7.81. The van der Waals surface area contributed by atoms with E-state index in [9.17, 15) is 9.59 Å². The van der Waals surface area contributed by atoms with Gasteiger partial charge in [0, 0.05) is 18.4 Å². The molecule has 7 heteroatoms. The summed E-state index contributed by atoms with van der Waals surface area (Å²) in [5, 5.41) is 0. The number of rotatable bonds is 5. The number of ether oxygens (including phenoxy) is 4. The second-order valence-electron chi connectivity index (χ2n) is 7.93. The standard InChI is InChI=1S/C22H27NO6/c1-6-28-21(25)19-17(12-7-8-14(26-4)15(9-12)27-5)18-13(24)10-22(2,3)11-16(18)29-20(19)23/h7-9,17H,6,10-11,23H2,1-5H3/t17-/m0/s1. The first kappa shape index (κ1) is 20.8. The van der Waals surface area contributed by atoms with Crippen molar-refractivity contribution >= 4 is 11.8 Å². The van der Waals surface area contributed by atoms with Gasteiger partial charge in [-0.05, 0) is 30.0 Å². The first-order valence-corrected chi connectivity index (χ1v) is 9.55. The highest BCUT2D eigenvalue weighted by Crippen LogP contribution is 2.49. The van der Waals surface area contributed by atoms with Gasteiger partial charge in [0.2, 0.25) is 5.88 Å². The van der Waals surface area contributed by atoms with Crippen LogP contribution in [0.25, 0.3) is 0 Å². The number of nitrogens with two attached hydrogens (primary N) is 1. The van der Waals surface area contributed by atoms with Gasteiger partial charge in [-0.1, -0.05) is 19.9 Å². The van der Waals surface area contributed by atoms with Crippen LogP contribution in [0.2, 0.25) is 0 Å². The molecule has 156 valence electrons. The zero-order valence-corrected chi connectivity index (χ0v) is 17.5. The van der Waals surface area contributed by atoms with Crippen LogP contribution in [0.3, 0.4) is 0 Å². The first-order chi connectivity index (χ1) is 13.7. The predicted molar refractivity (Wildman–Crippen MR) is 106 cm³/mol. The third-order valence-electron chi connectivity index (χ3n) is 5.19. The molecule has 29 heavy (non-hydrogen) atoms. The minimum Gasteiger partial charge on any atom is -0.493 e. The average molecular weight is 401 g/mol. The average Bonchev–Trinajstić information content (AvgIpc) is 2.65. The van der Waals surface area contributed by atoms with E-state index in [1.807, 2.05) is 13.8 Å². The molecule has 7 nitrogen and oxygen atoms in total. The summed E-state index contributed by atoms with van der Waals surface area (Å²) in [6.45, 7) is 5.90. The molecule has 1 aliphatic carbocycles. The number of benzene rings is 1. The number of esters is 1. The van der Waals surface area contributed by atoms with Gasteiger partial charge < -0.3 is 24.7 Å². The van der Waals surface area contributed by atoms with E-state index in [0.29, 0.717) is 41.2 Å². The first-order valence-electron chi connectivity index (χ1n) is 9.55. The van der Waals surface area contributed by atoms with E-state index >= 15 is 0 Å². The minimum atomic E-state index is -0.693. The topological polar surface area (TPSA) is 97.1 Å². The molecule has 1 aromatic rings. The van der Waals surface area contributed by atoms with Crippen LogP contribution in [-0.4, -0.2) is 32.6 Å². The van der Waals surface area contributed by atoms with Crippen LogP contribution in [0.15, 0.2) is 41.0 Å². The van der Waals surface area contributed by atoms with Gasteiger partial charge in [-0.15, -0.1) is 0 Å². The molecule has 1 heterocycles. The molecule has 2 N–H and O–H groups in total. The quantitative estimate of drug-likeness (QED) is 0.757. The molecule has 1 aromatic carbocycles. The summed E-state index contributed by atoms with van der Waals surface area (Å²) in [6.07, 6.45) is 0.906. The summed E-state index contributed by atoms with van der Waals surface area (Å²) in [6, 6.07) is 5.28. The Morgan fingerprint density at radius 2 is 1.90 bits per heavy atom. The summed E-state index contributed by atoms with van der Waals surface area (Å²) >= 11 is 0. The maximum atomic E-state index is 13.1. The van der Waals surface area contributed by atoms with Crippen LogP contribution in [0.4, 0.5) is 0 Å². The Bertz CT molecular complexity index is 912. The van der Waals surface area contributed by atoms with E-state index < -0.39 is 11.9 Å². The molecule has 0 bridgehead atoms. The van der Waals surface area contributed by atoms with E-state index in [1.165, 1.54) is 7.11 Å². The van der Waals surface area contributed by atoms with Crippen molar-refractivity contribution < 1.29 is 28.5 Å². The van der Waals surface area contributed by atoms with Gasteiger partial charge in [0.15, 0.2) is 17.3 Å². The summed E-state index contributed by atoms with van der Waals surface area (Å²) in [4.78, 5) is 25.9. The number of carbonyl (C=O) groups is 2. The van der Waals surface area contributed by atoms with Gasteiger partial charge in [0.05, 0.1) is 26.7 Å². The second-order valence-corrected chi connectivity index (χ2v) is 7.93. The highest BCUT2D eigenvalue weighted by Gasteiger charge is 2.45. The van der Waals surface area contributed by atoms with E-state index in [-0.39, 0.29) is 29.3 Å². The van der Waals surface area contributed by atoms with Crippen molar-refractivity contribution in [1.82, 2.24) is 0 Å². The van der Waals surface area contributed by atoms with Crippen molar-refractivity contribution in [3.63, 3.8) is 0 Å². The highest BCUT2D eigenvalue weighted by atomic mass is 16.5. The molecular weight excluding hydrogens is 374 g/mol. The predicted octanol–water partition coefficient (Wildman–Crippen LogP) is 3.19. The third kappa shape index (κ3) is 3.81. The van der Waals surface area contributed by atoms with Crippen LogP contribution in [0, 0.1) is 5.41 Å². The van der Waals surface area contributed by atoms with Crippen LogP contribution in [-0.2, 0) is 19.1 Å². The fraction of sp³-hybridized carbons (Fsp3) is 0.455. The summed E-state index contributed by atoms with van der Waals surface area (Å²) in [7, 11) is 3.07. The Morgan fingerprint density at radius 3 is 2.52 bits per heavy atom. The number of hydrogen-bond acceptors (Lipinski definition) is 7. The molecular formula is C22H27NO6. The number of allylic oxidation sites excluding steroid dienone is 2. The lowest BCUT2D eigenvalue weighted by Gasteiger charge is -2.38. The van der Waals surface area contributed by atoms with Gasteiger partial charge in [0.1, 0.15) is 11.3 Å². The molecule has 0 aromatic heterocycles. The van der Waals surface area contributed by atoms with Gasteiger partial charge >= 0.3 is 5.97 Å². The van der Waals surface area contributed by atoms with Crippen LogP contribution in [0.1, 0.15) is 45.1 Å². The lowest BCUT2D eigenvalue weighted by Crippen LogP contribution is -2.35. The van der Waals surface area contributed by atoms with Gasteiger partial charge in [-0.25, -0.2) is 4.79 Å². The monoisotopic (exact) mass is 401 g/mol. The SMILES string of the molecule is CCOC(=O)C1=C(N)OC2=C(C(=O)CC(C)(C)C2)[C@@H]1c1ccc(OC)c(OC)c1. The molecule has 3 rings (SSSR count). The fourth-order valence-electron chi connectivity index (χ4n) is 3.96. The zero-order valence-electron chi connectivity index (χ0n) is 17.5. The Hall–Kier alpha value is -2.96. The van der Waals surface area contributed by atoms with E-state index in [1.54, 1.807) is 32.2 Å². The van der Waals surface area contributed by atoms with Gasteiger partial charge in [0.25, 0.3) is 0 Å². The number of ketones is 1. The molecule has 0 saturated heterocycles. The lowest BCUT2D eigenvalue weighted by atomic mass is 9.70. The fourth-order valence-corrected chi connectivity index (χ4v) is 3.96. The van der Waals surface area contributed by atoms with Crippen molar-refractivity contribution in [3.05, 3.63) is 46.6 Å². The Balaban J connectivity index is 2.20. The molecule has 0 fully saturated rings. The highest BCUT2D eigenvalue weighted by molar-refractivity contribution is 6.03. The maximum absolute atomic E-state index is 13.1. The van der Waals surface area contributed by atoms with Gasteiger partial charge in [-0.2, -0.15) is 0 Å². The van der Waals surface area contributed by atoms with Crippen LogP contribution >= 0.6 is 0 Å². The van der Waals surface area contributed by atoms with Gasteiger partial charge in [-0.3, -0.25) is 4.79 Å². The number of carbonyl (C=O) groups excluding carboxylic acids is 2. The smallest absolute Gasteiger partial charge is 0.340 e. The van der Waals surface area contributed by atoms with Crippen LogP contribution in [0.5, 0.6) is 11.5 Å². The Labute approximate surface area is 170 Å². The third-order valence-corrected chi connectivity index (χ3v) is 5.19. The molecule has 0 saturated carbocycles. The van der Waals surface area contributed by atoms with Crippen molar-refractivity contribution in [1.29, 1.82) is 0 Å². The minimum absolute atomic E-state index is 0.0347. The van der Waals surface area contributed by atoms with Crippen molar-refractivity contribution in [3.8, 4) is 11.5 Å². The normalized spacial score (nSPS) is 20.7. The molecule has 0 radical (unpaired) electrons. The van der Waals surface area contributed by atoms with Crippen molar-refractivity contribution in [2.75, 3.05) is 20.8 Å². The molecule has 2 aliphatic rings. The lowest BCUT2D eigenvalue weighted by molar-refractivity contribution is -0.139. The summed E-state index contributed by atoms with van der Waals surface area (Å²) in [5.41, 5.74) is 7.17. The maximum Gasteiger partial charge on any atom is 0.340 e. The molecule has 1 atom stereocenters. The van der Waals surface area contributed by atoms with E-state index in [2.05, 4.69) is 0 Å². The summed E-state index contributed by atoms with van der Waals surface area (Å²) in [5.74, 6) is 0.150. The number of hydrogen-bond donors (Lipinski definition) is 1. The van der Waals surface area contributed by atoms with Crippen molar-refractivity contribution in [2.45, 2.75) is 39.5 Å². The molecule has 0 spiro atoms. The van der Waals surface area contributed by atoms with Crippen molar-refractivity contribution in [2.24, 2.45) is 11.1 Å². The Kier molecular flexibility index (Phi) is 5.59. The zero-order chi connectivity index (χ0) is 21.3. The number of methoxy groups -OCH3 is 2. The van der Waals surface area contributed by atoms with Crippen LogP contribution < -0.4 is 15.2 Å². The molecule has 1 aliphatic heterocycles. The largest absolute Gasteiger partial charge is 0.493 e. The number of Topliss-reactive ketones (excluding diaryl/α,β-unsaturated/α-hetero) is 1. The molecule has 0 amide bonds. The Morgan fingerprint density at radius 1 is 1.21 bits per heavy atom. The molecule has 0 unspecified atom stereocenters. The van der Waals surface area contributed by atoms with E-state index in [0.717, 1.165) is 0 Å².